The number of hydrogen-bond acceptors (Lipinski definition) is 4. The van der Waals surface area contributed by atoms with Crippen molar-refractivity contribution in [3.63, 3.8) is 0 Å². The molecule has 4 nitrogen and oxygen atoms in total. The van der Waals surface area contributed by atoms with E-state index in [9.17, 15) is 4.39 Å². The van der Waals surface area contributed by atoms with Crippen LogP contribution in [0.15, 0.2) is 28.8 Å². The second-order valence-electron chi connectivity index (χ2n) is 5.87. The lowest BCUT2D eigenvalue weighted by Crippen LogP contribution is -2.34. The van der Waals surface area contributed by atoms with E-state index in [0.29, 0.717) is 29.1 Å². The lowest BCUT2D eigenvalue weighted by atomic mass is 9.85. The molecule has 4 unspecified atom stereocenters. The van der Waals surface area contributed by atoms with Crippen LogP contribution in [0.25, 0.3) is 11.4 Å². The summed E-state index contributed by atoms with van der Waals surface area (Å²) in [5, 5.41) is 3.93. The second kappa shape index (κ2) is 4.38. The fourth-order valence-electron chi connectivity index (χ4n) is 3.82. The molecule has 2 saturated carbocycles. The third-order valence-electron chi connectivity index (χ3n) is 4.82. The zero-order valence-electron chi connectivity index (χ0n) is 11.0. The molecule has 1 aromatic heterocycles. The van der Waals surface area contributed by atoms with Gasteiger partial charge in [0.2, 0.25) is 11.7 Å². The summed E-state index contributed by atoms with van der Waals surface area (Å²) in [5.41, 5.74) is 6.65. The van der Waals surface area contributed by atoms with Gasteiger partial charge in [-0.2, -0.15) is 4.98 Å². The number of nitrogens with zero attached hydrogens (tertiary/aromatic N) is 2. The molecule has 4 rings (SSSR count). The van der Waals surface area contributed by atoms with Crippen molar-refractivity contribution in [3.8, 4) is 11.4 Å². The SMILES string of the molecule is NC1C2CCC(C2)C1c1nc(-c2ccccc2F)no1. The van der Waals surface area contributed by atoms with Crippen LogP contribution in [0.4, 0.5) is 4.39 Å². The third kappa shape index (κ3) is 1.69. The van der Waals surface area contributed by atoms with E-state index >= 15 is 0 Å². The maximum Gasteiger partial charge on any atom is 0.231 e. The first-order chi connectivity index (χ1) is 9.74. The lowest BCUT2D eigenvalue weighted by molar-refractivity contribution is 0.279. The van der Waals surface area contributed by atoms with Gasteiger partial charge >= 0.3 is 0 Å². The lowest BCUT2D eigenvalue weighted by Gasteiger charge is -2.24. The summed E-state index contributed by atoms with van der Waals surface area (Å²) in [6, 6.07) is 6.56. The van der Waals surface area contributed by atoms with Crippen molar-refractivity contribution >= 4 is 0 Å². The normalized spacial score (nSPS) is 31.9. The van der Waals surface area contributed by atoms with Gasteiger partial charge in [0.05, 0.1) is 11.5 Å². The van der Waals surface area contributed by atoms with Gasteiger partial charge in [-0.3, -0.25) is 0 Å². The first-order valence-corrected chi connectivity index (χ1v) is 7.08. The van der Waals surface area contributed by atoms with E-state index in [-0.39, 0.29) is 17.8 Å². The largest absolute Gasteiger partial charge is 0.339 e. The molecule has 2 aromatic rings. The number of halogens is 1. The summed E-state index contributed by atoms with van der Waals surface area (Å²) >= 11 is 0. The number of nitrogens with two attached hydrogens (primary N) is 1. The van der Waals surface area contributed by atoms with Crippen molar-refractivity contribution in [2.45, 2.75) is 31.2 Å². The molecular weight excluding hydrogens is 257 g/mol. The van der Waals surface area contributed by atoms with Crippen LogP contribution < -0.4 is 5.73 Å². The molecule has 20 heavy (non-hydrogen) atoms. The van der Waals surface area contributed by atoms with Crippen molar-refractivity contribution in [1.82, 2.24) is 10.1 Å². The van der Waals surface area contributed by atoms with Crippen LogP contribution in [0.2, 0.25) is 0 Å². The van der Waals surface area contributed by atoms with Gasteiger partial charge in [-0.1, -0.05) is 17.3 Å². The predicted molar refractivity (Wildman–Crippen MR) is 71.2 cm³/mol. The van der Waals surface area contributed by atoms with Gasteiger partial charge < -0.3 is 10.3 Å². The van der Waals surface area contributed by atoms with Crippen molar-refractivity contribution in [2.24, 2.45) is 17.6 Å². The van der Waals surface area contributed by atoms with Gasteiger partial charge in [0.15, 0.2) is 0 Å². The molecule has 2 aliphatic rings. The van der Waals surface area contributed by atoms with Crippen LogP contribution in [0.5, 0.6) is 0 Å². The summed E-state index contributed by atoms with van der Waals surface area (Å²) in [6.45, 7) is 0. The van der Waals surface area contributed by atoms with Crippen molar-refractivity contribution in [1.29, 1.82) is 0 Å². The summed E-state index contributed by atoms with van der Waals surface area (Å²) in [4.78, 5) is 4.39. The fraction of sp³-hybridized carbons (Fsp3) is 0.467. The zero-order chi connectivity index (χ0) is 13.7. The minimum Gasteiger partial charge on any atom is -0.339 e. The standard InChI is InChI=1S/C15H16FN3O/c16-11-4-2-1-3-10(11)14-18-15(20-19-14)12-8-5-6-9(7-8)13(12)17/h1-4,8-9,12-13H,5-7,17H2. The summed E-state index contributed by atoms with van der Waals surface area (Å²) in [6.07, 6.45) is 3.54. The second-order valence-corrected chi connectivity index (χ2v) is 5.87. The molecule has 0 saturated heterocycles. The minimum absolute atomic E-state index is 0.0997. The van der Waals surface area contributed by atoms with E-state index in [2.05, 4.69) is 10.1 Å². The van der Waals surface area contributed by atoms with Gasteiger partial charge in [0, 0.05) is 6.04 Å². The van der Waals surface area contributed by atoms with E-state index in [1.54, 1.807) is 18.2 Å². The minimum atomic E-state index is -0.336. The Balaban J connectivity index is 1.68. The van der Waals surface area contributed by atoms with Crippen LogP contribution in [0.3, 0.4) is 0 Å². The Kier molecular flexibility index (Phi) is 2.63. The zero-order valence-corrected chi connectivity index (χ0v) is 11.0. The number of rotatable bonds is 2. The quantitative estimate of drug-likeness (QED) is 0.913. The van der Waals surface area contributed by atoms with Gasteiger partial charge in [0.1, 0.15) is 5.82 Å². The Morgan fingerprint density at radius 1 is 1.20 bits per heavy atom. The summed E-state index contributed by atoms with van der Waals surface area (Å²) < 4.78 is 19.1. The highest BCUT2D eigenvalue weighted by Gasteiger charge is 2.48. The number of hydrogen-bond donors (Lipinski definition) is 1. The van der Waals surface area contributed by atoms with Crippen LogP contribution in [0, 0.1) is 17.7 Å². The van der Waals surface area contributed by atoms with E-state index < -0.39 is 0 Å². The van der Waals surface area contributed by atoms with E-state index in [0.717, 1.165) is 6.42 Å². The monoisotopic (exact) mass is 273 g/mol. The van der Waals surface area contributed by atoms with Crippen LogP contribution in [-0.2, 0) is 0 Å². The number of benzene rings is 1. The summed E-state index contributed by atoms with van der Waals surface area (Å²) in [7, 11) is 0. The Morgan fingerprint density at radius 2 is 2.00 bits per heavy atom. The van der Waals surface area contributed by atoms with E-state index in [1.165, 1.54) is 18.9 Å². The molecule has 4 atom stereocenters. The van der Waals surface area contributed by atoms with Gasteiger partial charge in [0.25, 0.3) is 0 Å². The molecule has 2 N–H and O–H groups in total. The first kappa shape index (κ1) is 12.0. The molecule has 2 bridgehead atoms. The molecule has 2 fully saturated rings. The Labute approximate surface area is 116 Å². The van der Waals surface area contributed by atoms with Crippen molar-refractivity contribution < 1.29 is 8.91 Å². The number of fused-ring (bicyclic) bond motifs is 2. The molecule has 0 aliphatic heterocycles. The highest BCUT2D eigenvalue weighted by molar-refractivity contribution is 5.54. The molecule has 2 aliphatic carbocycles. The molecule has 0 spiro atoms. The Bertz CT molecular complexity index is 640. The number of aromatic nitrogens is 2. The Morgan fingerprint density at radius 3 is 2.75 bits per heavy atom. The highest BCUT2D eigenvalue weighted by atomic mass is 19.1. The molecule has 104 valence electrons. The first-order valence-electron chi connectivity index (χ1n) is 7.08. The topological polar surface area (TPSA) is 64.9 Å². The Hall–Kier alpha value is -1.75. The molecule has 5 heteroatoms. The van der Waals surface area contributed by atoms with E-state index in [4.69, 9.17) is 10.3 Å². The molecular formula is C15H16FN3O. The molecule has 0 radical (unpaired) electrons. The highest BCUT2D eigenvalue weighted by Crippen LogP contribution is 2.51. The van der Waals surface area contributed by atoms with Crippen LogP contribution >= 0.6 is 0 Å². The fourth-order valence-corrected chi connectivity index (χ4v) is 3.82. The maximum atomic E-state index is 13.7. The molecule has 1 aromatic carbocycles. The van der Waals surface area contributed by atoms with E-state index in [1.807, 2.05) is 0 Å². The average Bonchev–Trinajstić information content (AvgIpc) is 3.14. The van der Waals surface area contributed by atoms with Gasteiger partial charge in [-0.15, -0.1) is 0 Å². The molecule has 1 heterocycles. The predicted octanol–water partition coefficient (Wildman–Crippen LogP) is 2.72. The summed E-state index contributed by atoms with van der Waals surface area (Å²) in [5.74, 6) is 1.81. The van der Waals surface area contributed by atoms with Crippen LogP contribution in [0.1, 0.15) is 31.1 Å². The smallest absolute Gasteiger partial charge is 0.231 e. The van der Waals surface area contributed by atoms with Gasteiger partial charge in [-0.05, 0) is 43.2 Å². The maximum absolute atomic E-state index is 13.7. The van der Waals surface area contributed by atoms with Crippen molar-refractivity contribution in [2.75, 3.05) is 0 Å². The average molecular weight is 273 g/mol. The molecule has 0 amide bonds. The van der Waals surface area contributed by atoms with Crippen LogP contribution in [-0.4, -0.2) is 16.2 Å². The van der Waals surface area contributed by atoms with Crippen molar-refractivity contribution in [3.05, 3.63) is 36.0 Å². The third-order valence-corrected chi connectivity index (χ3v) is 4.82. The van der Waals surface area contributed by atoms with Gasteiger partial charge in [-0.25, -0.2) is 4.39 Å².